The van der Waals surface area contributed by atoms with E-state index in [9.17, 15) is 0 Å². The summed E-state index contributed by atoms with van der Waals surface area (Å²) in [5.41, 5.74) is 7.82. The molecule has 16 heavy (non-hydrogen) atoms. The lowest BCUT2D eigenvalue weighted by molar-refractivity contribution is 0.813. The summed E-state index contributed by atoms with van der Waals surface area (Å²) in [5.74, 6) is 0. The van der Waals surface area contributed by atoms with Crippen LogP contribution < -0.4 is 5.73 Å². The average Bonchev–Trinajstić information content (AvgIpc) is 2.32. The third-order valence-corrected chi connectivity index (χ3v) is 3.41. The number of benzene rings is 1. The minimum atomic E-state index is -0.292. The van der Waals surface area contributed by atoms with Gasteiger partial charge in [-0.1, -0.05) is 11.6 Å². The van der Waals surface area contributed by atoms with Crippen LogP contribution in [0.15, 0.2) is 36.8 Å². The molecule has 0 radical (unpaired) electrons. The van der Waals surface area contributed by atoms with Gasteiger partial charge in [-0.05, 0) is 46.4 Å². The summed E-state index contributed by atoms with van der Waals surface area (Å²) in [6.45, 7) is 0. The third kappa shape index (κ3) is 2.50. The van der Waals surface area contributed by atoms with Crippen molar-refractivity contribution in [1.82, 2.24) is 9.97 Å². The van der Waals surface area contributed by atoms with Crippen molar-refractivity contribution < 1.29 is 0 Å². The molecule has 0 aliphatic carbocycles. The standard InChI is InChI=1S/C11H9ClIN3/c12-7-1-2-9(13)8(5-7)11(14)10-6-15-3-4-16-10/h1-6,11H,14H2. The summed E-state index contributed by atoms with van der Waals surface area (Å²) >= 11 is 8.19. The second-order valence-electron chi connectivity index (χ2n) is 3.27. The molecule has 0 saturated heterocycles. The smallest absolute Gasteiger partial charge is 0.0799 e. The Kier molecular flexibility index (Phi) is 3.73. The van der Waals surface area contributed by atoms with E-state index in [1.54, 1.807) is 18.6 Å². The zero-order valence-corrected chi connectivity index (χ0v) is 11.2. The molecule has 1 aromatic carbocycles. The summed E-state index contributed by atoms with van der Waals surface area (Å²) < 4.78 is 1.07. The molecule has 5 heteroatoms. The van der Waals surface area contributed by atoms with Crippen LogP contribution >= 0.6 is 34.2 Å². The molecule has 82 valence electrons. The van der Waals surface area contributed by atoms with E-state index in [2.05, 4.69) is 32.6 Å². The lowest BCUT2D eigenvalue weighted by Crippen LogP contribution is -2.15. The first-order valence-corrected chi connectivity index (χ1v) is 6.10. The van der Waals surface area contributed by atoms with Crippen molar-refractivity contribution in [2.75, 3.05) is 0 Å². The molecule has 2 rings (SSSR count). The maximum Gasteiger partial charge on any atom is 0.0799 e. The van der Waals surface area contributed by atoms with Crippen LogP contribution in [-0.4, -0.2) is 9.97 Å². The van der Waals surface area contributed by atoms with Crippen molar-refractivity contribution in [3.05, 3.63) is 56.6 Å². The first-order valence-electron chi connectivity index (χ1n) is 4.65. The van der Waals surface area contributed by atoms with E-state index in [0.717, 1.165) is 14.8 Å². The molecular weight excluding hydrogens is 336 g/mol. The van der Waals surface area contributed by atoms with Gasteiger partial charge in [-0.15, -0.1) is 0 Å². The second-order valence-corrected chi connectivity index (χ2v) is 4.87. The Morgan fingerprint density at radius 1 is 1.31 bits per heavy atom. The third-order valence-electron chi connectivity index (χ3n) is 2.19. The SMILES string of the molecule is NC(c1cnccn1)c1cc(Cl)ccc1I. The van der Waals surface area contributed by atoms with Crippen molar-refractivity contribution in [3.8, 4) is 0 Å². The molecule has 0 saturated carbocycles. The summed E-state index contributed by atoms with van der Waals surface area (Å²) in [4.78, 5) is 8.20. The van der Waals surface area contributed by atoms with Gasteiger partial charge in [0.05, 0.1) is 17.9 Å². The fourth-order valence-electron chi connectivity index (χ4n) is 1.38. The molecule has 0 fully saturated rings. The molecule has 0 amide bonds. The van der Waals surface area contributed by atoms with E-state index in [-0.39, 0.29) is 6.04 Å². The van der Waals surface area contributed by atoms with Gasteiger partial charge in [0.15, 0.2) is 0 Å². The van der Waals surface area contributed by atoms with Gasteiger partial charge in [0.25, 0.3) is 0 Å². The highest BCUT2D eigenvalue weighted by molar-refractivity contribution is 14.1. The van der Waals surface area contributed by atoms with Crippen LogP contribution in [0.2, 0.25) is 5.02 Å². The van der Waals surface area contributed by atoms with Gasteiger partial charge in [-0.2, -0.15) is 0 Å². The van der Waals surface area contributed by atoms with Crippen LogP contribution in [0.25, 0.3) is 0 Å². The molecule has 2 aromatic rings. The summed E-state index contributed by atoms with van der Waals surface area (Å²) in [6, 6.07) is 5.35. The Hall–Kier alpha value is -0.720. The van der Waals surface area contributed by atoms with Gasteiger partial charge in [-0.25, -0.2) is 0 Å². The molecule has 1 unspecified atom stereocenters. The van der Waals surface area contributed by atoms with Gasteiger partial charge < -0.3 is 5.73 Å². The van der Waals surface area contributed by atoms with E-state index in [4.69, 9.17) is 17.3 Å². The molecule has 1 heterocycles. The highest BCUT2D eigenvalue weighted by Crippen LogP contribution is 2.25. The molecule has 3 nitrogen and oxygen atoms in total. The van der Waals surface area contributed by atoms with Gasteiger partial charge >= 0.3 is 0 Å². The molecule has 1 aromatic heterocycles. The van der Waals surface area contributed by atoms with E-state index in [1.807, 2.05) is 18.2 Å². The summed E-state index contributed by atoms with van der Waals surface area (Å²) in [6.07, 6.45) is 4.92. The molecule has 2 N–H and O–H groups in total. The minimum absolute atomic E-state index is 0.292. The second kappa shape index (κ2) is 5.07. The number of nitrogens with zero attached hydrogens (tertiary/aromatic N) is 2. The Morgan fingerprint density at radius 3 is 2.81 bits per heavy atom. The molecule has 1 atom stereocenters. The van der Waals surface area contributed by atoms with Crippen molar-refractivity contribution >= 4 is 34.2 Å². The predicted octanol–water partition coefficient (Wildman–Crippen LogP) is 2.78. The Morgan fingerprint density at radius 2 is 2.12 bits per heavy atom. The molecule has 0 bridgehead atoms. The van der Waals surface area contributed by atoms with Crippen LogP contribution in [-0.2, 0) is 0 Å². The number of halogens is 2. The van der Waals surface area contributed by atoms with Crippen LogP contribution in [0, 0.1) is 3.57 Å². The monoisotopic (exact) mass is 345 g/mol. The van der Waals surface area contributed by atoms with E-state index in [0.29, 0.717) is 5.02 Å². The van der Waals surface area contributed by atoms with Crippen LogP contribution in [0.4, 0.5) is 0 Å². The number of rotatable bonds is 2. The first kappa shape index (κ1) is 11.8. The topological polar surface area (TPSA) is 51.8 Å². The fourth-order valence-corrected chi connectivity index (χ4v) is 2.24. The van der Waals surface area contributed by atoms with Crippen molar-refractivity contribution in [3.63, 3.8) is 0 Å². The lowest BCUT2D eigenvalue weighted by atomic mass is 10.1. The Bertz CT molecular complexity index is 490. The number of nitrogens with two attached hydrogens (primary N) is 1. The van der Waals surface area contributed by atoms with Crippen molar-refractivity contribution in [2.45, 2.75) is 6.04 Å². The van der Waals surface area contributed by atoms with Gasteiger partial charge in [-0.3, -0.25) is 9.97 Å². The van der Waals surface area contributed by atoms with Crippen molar-refractivity contribution in [2.24, 2.45) is 5.73 Å². The number of aromatic nitrogens is 2. The van der Waals surface area contributed by atoms with Crippen LogP contribution in [0.5, 0.6) is 0 Å². The summed E-state index contributed by atoms with van der Waals surface area (Å²) in [5, 5.41) is 0.676. The maximum atomic E-state index is 6.12. The zero-order valence-electron chi connectivity index (χ0n) is 8.27. The van der Waals surface area contributed by atoms with Gasteiger partial charge in [0.2, 0.25) is 0 Å². The highest BCUT2D eigenvalue weighted by Gasteiger charge is 2.13. The normalized spacial score (nSPS) is 12.4. The molecule has 0 aliphatic rings. The quantitative estimate of drug-likeness (QED) is 0.852. The first-order chi connectivity index (χ1) is 7.68. The van der Waals surface area contributed by atoms with Gasteiger partial charge in [0, 0.05) is 21.0 Å². The van der Waals surface area contributed by atoms with Crippen LogP contribution in [0.1, 0.15) is 17.3 Å². The average molecular weight is 346 g/mol. The predicted molar refractivity (Wildman–Crippen MR) is 72.2 cm³/mol. The van der Waals surface area contributed by atoms with Gasteiger partial charge in [0.1, 0.15) is 0 Å². The zero-order chi connectivity index (χ0) is 11.5. The molecule has 0 spiro atoms. The highest BCUT2D eigenvalue weighted by atomic mass is 127. The van der Waals surface area contributed by atoms with E-state index < -0.39 is 0 Å². The minimum Gasteiger partial charge on any atom is -0.319 e. The van der Waals surface area contributed by atoms with Crippen molar-refractivity contribution in [1.29, 1.82) is 0 Å². The largest absolute Gasteiger partial charge is 0.319 e. The van der Waals surface area contributed by atoms with E-state index >= 15 is 0 Å². The Labute approximate surface area is 112 Å². The van der Waals surface area contributed by atoms with Crippen LogP contribution in [0.3, 0.4) is 0 Å². The number of hydrogen-bond donors (Lipinski definition) is 1. The molecular formula is C11H9ClIN3. The fraction of sp³-hybridized carbons (Fsp3) is 0.0909. The summed E-state index contributed by atoms with van der Waals surface area (Å²) in [7, 11) is 0. The lowest BCUT2D eigenvalue weighted by Gasteiger charge is -2.13. The maximum absolute atomic E-state index is 6.12. The Balaban J connectivity index is 2.41. The number of hydrogen-bond acceptors (Lipinski definition) is 3. The molecule has 0 aliphatic heterocycles. The van der Waals surface area contributed by atoms with E-state index in [1.165, 1.54) is 0 Å².